The molecule has 0 radical (unpaired) electrons. The largest absolute Gasteiger partial charge is 0.490 e. The van der Waals surface area contributed by atoms with Crippen LogP contribution in [-0.2, 0) is 9.53 Å². The molecule has 0 amide bonds. The third kappa shape index (κ3) is 4.51. The van der Waals surface area contributed by atoms with Crippen LogP contribution in [0.15, 0.2) is 17.7 Å². The van der Waals surface area contributed by atoms with Crippen LogP contribution in [0.2, 0.25) is 5.02 Å². The molecule has 1 unspecified atom stereocenters. The van der Waals surface area contributed by atoms with Gasteiger partial charge in [0.1, 0.15) is 11.5 Å². The average molecular weight is 405 g/mol. The summed E-state index contributed by atoms with van der Waals surface area (Å²) < 4.78 is 55.8. The Hall–Kier alpha value is -1.89. The van der Waals surface area contributed by atoms with E-state index in [-0.39, 0.29) is 29.0 Å². The maximum atomic E-state index is 13.4. The van der Waals surface area contributed by atoms with Crippen molar-refractivity contribution in [2.75, 3.05) is 6.61 Å². The summed E-state index contributed by atoms with van der Waals surface area (Å²) in [4.78, 5) is 12.0. The van der Waals surface area contributed by atoms with E-state index < -0.39 is 23.8 Å². The van der Waals surface area contributed by atoms with Crippen molar-refractivity contribution < 1.29 is 32.2 Å². The first-order valence-electron chi connectivity index (χ1n) is 8.92. The second-order valence-corrected chi connectivity index (χ2v) is 6.97. The standard InChI is InChI=1S/C19H20ClF3O4/c1-2-25-18(24)14-9-11-8-13(26-12-6-4-3-5-7-12)10-15(20)16(11)27-17(14)19(21,22)23/h8-10,12,17H,2-7H2,1H3. The highest BCUT2D eigenvalue weighted by Crippen LogP contribution is 2.43. The van der Waals surface area contributed by atoms with Gasteiger partial charge in [-0.2, -0.15) is 13.2 Å². The lowest BCUT2D eigenvalue weighted by Gasteiger charge is -2.29. The third-order valence-corrected chi connectivity index (χ3v) is 4.82. The fourth-order valence-electron chi connectivity index (χ4n) is 3.31. The van der Waals surface area contributed by atoms with E-state index in [0.29, 0.717) is 5.75 Å². The van der Waals surface area contributed by atoms with E-state index in [1.807, 2.05) is 0 Å². The number of hydrogen-bond donors (Lipinski definition) is 0. The van der Waals surface area contributed by atoms with Crippen molar-refractivity contribution in [2.45, 2.75) is 57.4 Å². The molecule has 148 valence electrons. The van der Waals surface area contributed by atoms with Gasteiger partial charge >= 0.3 is 12.1 Å². The van der Waals surface area contributed by atoms with Gasteiger partial charge in [0, 0.05) is 11.6 Å². The molecule has 27 heavy (non-hydrogen) atoms. The Labute approximate surface area is 160 Å². The number of halogens is 4. The van der Waals surface area contributed by atoms with Gasteiger partial charge in [-0.3, -0.25) is 0 Å². The van der Waals surface area contributed by atoms with Gasteiger partial charge in [-0.25, -0.2) is 4.79 Å². The van der Waals surface area contributed by atoms with Gasteiger partial charge in [0.25, 0.3) is 0 Å². The van der Waals surface area contributed by atoms with Crippen LogP contribution in [0.4, 0.5) is 13.2 Å². The van der Waals surface area contributed by atoms with Crippen LogP contribution in [-0.4, -0.2) is 31.0 Å². The lowest BCUT2D eigenvalue weighted by Crippen LogP contribution is -2.40. The molecule has 0 aromatic heterocycles. The molecule has 1 aromatic carbocycles. The van der Waals surface area contributed by atoms with Gasteiger partial charge in [-0.15, -0.1) is 0 Å². The molecule has 0 bridgehead atoms. The molecule has 1 aliphatic carbocycles. The molecule has 0 saturated heterocycles. The maximum Gasteiger partial charge on any atom is 0.430 e. The number of benzene rings is 1. The molecule has 0 N–H and O–H groups in total. The molecule has 4 nitrogen and oxygen atoms in total. The minimum absolute atomic E-state index is 0.00622. The van der Waals surface area contributed by atoms with E-state index in [4.69, 9.17) is 25.8 Å². The van der Waals surface area contributed by atoms with E-state index in [0.717, 1.165) is 31.8 Å². The molecule has 1 fully saturated rings. The second kappa shape index (κ2) is 8.00. The normalized spacial score (nSPS) is 20.3. The SMILES string of the molecule is CCOC(=O)C1=Cc2cc(OC3CCCCC3)cc(Cl)c2OC1C(F)(F)F. The zero-order chi connectivity index (χ0) is 19.6. The first-order chi connectivity index (χ1) is 12.8. The predicted octanol–water partition coefficient (Wildman–Crippen LogP) is 5.32. The zero-order valence-electron chi connectivity index (χ0n) is 14.8. The van der Waals surface area contributed by atoms with E-state index in [1.54, 1.807) is 6.07 Å². The summed E-state index contributed by atoms with van der Waals surface area (Å²) in [6, 6.07) is 2.99. The zero-order valence-corrected chi connectivity index (χ0v) is 15.5. The van der Waals surface area contributed by atoms with Crippen molar-refractivity contribution >= 4 is 23.6 Å². The van der Waals surface area contributed by atoms with E-state index in [9.17, 15) is 18.0 Å². The van der Waals surface area contributed by atoms with Crippen molar-refractivity contribution in [3.05, 3.63) is 28.3 Å². The molecule has 2 aliphatic rings. The Morgan fingerprint density at radius 1 is 1.26 bits per heavy atom. The lowest BCUT2D eigenvalue weighted by atomic mass is 9.97. The van der Waals surface area contributed by atoms with Crippen LogP contribution in [0.25, 0.3) is 6.08 Å². The number of hydrogen-bond acceptors (Lipinski definition) is 4. The summed E-state index contributed by atoms with van der Waals surface area (Å²) in [6.45, 7) is 1.48. The molecule has 1 aromatic rings. The Bertz CT molecular complexity index is 739. The average Bonchev–Trinajstić information content (AvgIpc) is 2.61. The van der Waals surface area contributed by atoms with E-state index in [1.165, 1.54) is 19.4 Å². The quantitative estimate of drug-likeness (QED) is 0.637. The molecule has 1 heterocycles. The number of fused-ring (bicyclic) bond motifs is 1. The molecule has 1 atom stereocenters. The predicted molar refractivity (Wildman–Crippen MR) is 94.0 cm³/mol. The summed E-state index contributed by atoms with van der Waals surface area (Å²) in [5.41, 5.74) is -0.348. The number of rotatable bonds is 4. The number of alkyl halides is 3. The summed E-state index contributed by atoms with van der Waals surface area (Å²) in [5, 5.41) is 0.00622. The monoisotopic (exact) mass is 404 g/mol. The number of esters is 1. The van der Waals surface area contributed by atoms with Crippen LogP contribution in [0.5, 0.6) is 11.5 Å². The molecule has 3 rings (SSSR count). The summed E-state index contributed by atoms with van der Waals surface area (Å²) in [5.74, 6) is -0.748. The van der Waals surface area contributed by atoms with Gasteiger partial charge < -0.3 is 14.2 Å². The van der Waals surface area contributed by atoms with Gasteiger partial charge in [-0.05, 0) is 44.7 Å². The summed E-state index contributed by atoms with van der Waals surface area (Å²) in [7, 11) is 0. The molecule has 0 spiro atoms. The van der Waals surface area contributed by atoms with Gasteiger partial charge in [0.05, 0.1) is 23.3 Å². The number of carbonyl (C=O) groups excluding carboxylic acids is 1. The Morgan fingerprint density at radius 2 is 1.96 bits per heavy atom. The minimum Gasteiger partial charge on any atom is -0.490 e. The Morgan fingerprint density at radius 3 is 2.59 bits per heavy atom. The molecule has 8 heteroatoms. The number of carbonyl (C=O) groups is 1. The highest BCUT2D eigenvalue weighted by atomic mass is 35.5. The van der Waals surface area contributed by atoms with Gasteiger partial charge in [0.2, 0.25) is 6.10 Å². The van der Waals surface area contributed by atoms with Crippen LogP contribution < -0.4 is 9.47 Å². The first-order valence-corrected chi connectivity index (χ1v) is 9.29. The summed E-state index contributed by atoms with van der Waals surface area (Å²) >= 11 is 6.15. The van der Waals surface area contributed by atoms with Crippen LogP contribution >= 0.6 is 11.6 Å². The fourth-order valence-corrected chi connectivity index (χ4v) is 3.57. The fraction of sp³-hybridized carbons (Fsp3) is 0.526. The molecular formula is C19H20ClF3O4. The van der Waals surface area contributed by atoms with Crippen molar-refractivity contribution in [1.29, 1.82) is 0 Å². The highest BCUT2D eigenvalue weighted by Gasteiger charge is 2.49. The highest BCUT2D eigenvalue weighted by molar-refractivity contribution is 6.32. The van der Waals surface area contributed by atoms with Crippen molar-refractivity contribution in [1.82, 2.24) is 0 Å². The molecular weight excluding hydrogens is 385 g/mol. The van der Waals surface area contributed by atoms with E-state index >= 15 is 0 Å². The minimum atomic E-state index is -4.78. The van der Waals surface area contributed by atoms with Gasteiger partial charge in [0.15, 0.2) is 0 Å². The molecule has 1 aliphatic heterocycles. The van der Waals surface area contributed by atoms with Crippen molar-refractivity contribution in [2.24, 2.45) is 0 Å². The topological polar surface area (TPSA) is 44.8 Å². The van der Waals surface area contributed by atoms with Crippen LogP contribution in [0.1, 0.15) is 44.6 Å². The van der Waals surface area contributed by atoms with E-state index in [2.05, 4.69) is 0 Å². The van der Waals surface area contributed by atoms with Crippen LogP contribution in [0, 0.1) is 0 Å². The maximum absolute atomic E-state index is 13.4. The van der Waals surface area contributed by atoms with Gasteiger partial charge in [-0.1, -0.05) is 18.0 Å². The van der Waals surface area contributed by atoms with Crippen LogP contribution in [0.3, 0.4) is 0 Å². The third-order valence-electron chi connectivity index (χ3n) is 4.54. The Balaban J connectivity index is 1.94. The Kier molecular flexibility index (Phi) is 5.89. The second-order valence-electron chi connectivity index (χ2n) is 6.56. The smallest absolute Gasteiger partial charge is 0.430 e. The summed E-state index contributed by atoms with van der Waals surface area (Å²) in [6.07, 6.45) is -0.870. The van der Waals surface area contributed by atoms with Crippen molar-refractivity contribution in [3.8, 4) is 11.5 Å². The number of ether oxygens (including phenoxy) is 3. The first kappa shape index (κ1) is 19.9. The lowest BCUT2D eigenvalue weighted by molar-refractivity contribution is -0.187. The molecule has 1 saturated carbocycles. The van der Waals surface area contributed by atoms with Crippen molar-refractivity contribution in [3.63, 3.8) is 0 Å².